The molecule has 0 bridgehead atoms. The van der Waals surface area contributed by atoms with Crippen molar-refractivity contribution in [3.8, 4) is 0 Å². The summed E-state index contributed by atoms with van der Waals surface area (Å²) in [4.78, 5) is 9.05. The minimum Gasteiger partial charge on any atom is -0.383 e. The van der Waals surface area contributed by atoms with Gasteiger partial charge in [0.15, 0.2) is 0 Å². The predicted octanol–water partition coefficient (Wildman–Crippen LogP) is 2.31. The molecule has 118 valence electrons. The van der Waals surface area contributed by atoms with Gasteiger partial charge in [-0.3, -0.25) is 4.90 Å². The smallest absolute Gasteiger partial charge is 0.115 e. The van der Waals surface area contributed by atoms with Crippen LogP contribution < -0.4 is 5.32 Å². The van der Waals surface area contributed by atoms with Crippen LogP contribution in [0.1, 0.15) is 41.8 Å². The maximum atomic E-state index is 5.25. The lowest BCUT2D eigenvalue weighted by Gasteiger charge is -2.34. The Morgan fingerprint density at radius 2 is 2.33 bits per heavy atom. The number of aryl methyl sites for hydroxylation is 2. The minimum absolute atomic E-state index is 0.0534. The van der Waals surface area contributed by atoms with E-state index in [0.29, 0.717) is 6.04 Å². The highest BCUT2D eigenvalue weighted by atomic mass is 32.1. The summed E-state index contributed by atoms with van der Waals surface area (Å²) in [6, 6.07) is 0.615. The average molecular weight is 309 g/mol. The van der Waals surface area contributed by atoms with Crippen molar-refractivity contribution < 1.29 is 4.74 Å². The number of aromatic nitrogens is 1. The number of fused-ring (bicyclic) bond motifs is 1. The van der Waals surface area contributed by atoms with E-state index in [0.717, 1.165) is 19.6 Å². The van der Waals surface area contributed by atoms with Crippen LogP contribution in [0.4, 0.5) is 0 Å². The maximum absolute atomic E-state index is 5.25. The third kappa shape index (κ3) is 2.65. The fraction of sp³-hybridized carbons (Fsp3) is 0.812. The van der Waals surface area contributed by atoms with Crippen LogP contribution in [0.25, 0.3) is 0 Å². The summed E-state index contributed by atoms with van der Waals surface area (Å²) < 4.78 is 5.25. The molecular weight excluding hydrogens is 282 g/mol. The van der Waals surface area contributed by atoms with Crippen LogP contribution in [-0.4, -0.2) is 49.3 Å². The summed E-state index contributed by atoms with van der Waals surface area (Å²) >= 11 is 1.90. The lowest BCUT2D eigenvalue weighted by atomic mass is 9.89. The molecule has 2 unspecified atom stereocenters. The molecule has 0 radical (unpaired) electrons. The van der Waals surface area contributed by atoms with E-state index in [1.54, 1.807) is 7.11 Å². The number of hydrogen-bond donors (Lipinski definition) is 1. The first-order valence-electron chi connectivity index (χ1n) is 8.16. The molecule has 2 saturated heterocycles. The van der Waals surface area contributed by atoms with E-state index in [1.165, 1.54) is 47.9 Å². The first-order chi connectivity index (χ1) is 10.2. The van der Waals surface area contributed by atoms with Gasteiger partial charge < -0.3 is 10.1 Å². The number of methoxy groups -OCH3 is 1. The lowest BCUT2D eigenvalue weighted by Crippen LogP contribution is -2.51. The Morgan fingerprint density at radius 3 is 3.05 bits per heavy atom. The number of nitrogens with zero attached hydrogens (tertiary/aromatic N) is 2. The Morgan fingerprint density at radius 1 is 1.48 bits per heavy atom. The van der Waals surface area contributed by atoms with Crippen molar-refractivity contribution in [2.45, 2.75) is 51.1 Å². The van der Waals surface area contributed by atoms with E-state index in [9.17, 15) is 0 Å². The van der Waals surface area contributed by atoms with Crippen LogP contribution in [-0.2, 0) is 16.7 Å². The third-order valence-corrected chi connectivity index (χ3v) is 6.27. The van der Waals surface area contributed by atoms with Crippen LogP contribution in [0.3, 0.4) is 0 Å². The van der Waals surface area contributed by atoms with Crippen LogP contribution >= 0.6 is 11.3 Å². The topological polar surface area (TPSA) is 37.4 Å². The molecule has 0 aromatic carbocycles. The fourth-order valence-electron chi connectivity index (χ4n) is 3.99. The van der Waals surface area contributed by atoms with Crippen LogP contribution in [0.2, 0.25) is 0 Å². The van der Waals surface area contributed by atoms with Crippen LogP contribution in [0.5, 0.6) is 0 Å². The Kier molecular flexibility index (Phi) is 4.64. The quantitative estimate of drug-likeness (QED) is 0.818. The normalized spacial score (nSPS) is 29.2. The molecular formula is C16H27N3OS. The number of rotatable bonds is 6. The van der Waals surface area contributed by atoms with Crippen LogP contribution in [0.15, 0.2) is 0 Å². The molecule has 4 nitrogen and oxygen atoms in total. The number of hydrogen-bond acceptors (Lipinski definition) is 5. The molecule has 0 amide bonds. The van der Waals surface area contributed by atoms with Crippen molar-refractivity contribution in [1.29, 1.82) is 0 Å². The van der Waals surface area contributed by atoms with Gasteiger partial charge in [-0.05, 0) is 39.2 Å². The number of thiazole rings is 1. The molecule has 2 aliphatic rings. The van der Waals surface area contributed by atoms with Gasteiger partial charge >= 0.3 is 0 Å². The van der Waals surface area contributed by atoms with E-state index in [-0.39, 0.29) is 5.54 Å². The zero-order valence-electron chi connectivity index (χ0n) is 13.4. The Hall–Kier alpha value is -0.490. The molecule has 1 aromatic rings. The third-order valence-electron chi connectivity index (χ3n) is 5.08. The summed E-state index contributed by atoms with van der Waals surface area (Å²) in [5.41, 5.74) is 1.33. The summed E-state index contributed by atoms with van der Waals surface area (Å²) in [5.74, 6) is 0. The summed E-state index contributed by atoms with van der Waals surface area (Å²) in [6.07, 6.45) is 4.83. The van der Waals surface area contributed by atoms with E-state index in [2.05, 4.69) is 24.1 Å². The molecule has 3 rings (SSSR count). The highest BCUT2D eigenvalue weighted by Gasteiger charge is 2.51. The molecule has 21 heavy (non-hydrogen) atoms. The number of nitrogens with one attached hydrogen (secondary N) is 1. The van der Waals surface area contributed by atoms with Crippen molar-refractivity contribution in [3.63, 3.8) is 0 Å². The summed E-state index contributed by atoms with van der Waals surface area (Å²) in [5, 5.41) is 5.14. The molecule has 2 atom stereocenters. The van der Waals surface area contributed by atoms with E-state index < -0.39 is 0 Å². The summed E-state index contributed by atoms with van der Waals surface area (Å²) in [7, 11) is 1.77. The zero-order chi connectivity index (χ0) is 14.9. The second-order valence-corrected chi connectivity index (χ2v) is 7.41. The summed E-state index contributed by atoms with van der Waals surface area (Å²) in [6.45, 7) is 8.53. The van der Waals surface area contributed by atoms with Gasteiger partial charge in [0.05, 0.1) is 17.8 Å². The maximum Gasteiger partial charge on any atom is 0.115 e. The second kappa shape index (κ2) is 6.32. The Balaban J connectivity index is 1.91. The first kappa shape index (κ1) is 15.4. The van der Waals surface area contributed by atoms with Gasteiger partial charge in [-0.25, -0.2) is 4.98 Å². The highest BCUT2D eigenvalue weighted by molar-refractivity contribution is 7.11. The van der Waals surface area contributed by atoms with E-state index in [4.69, 9.17) is 9.72 Å². The molecule has 0 aliphatic carbocycles. The molecule has 1 N–H and O–H groups in total. The molecule has 1 aromatic heterocycles. The molecule has 0 spiro atoms. The Bertz CT molecular complexity index is 490. The van der Waals surface area contributed by atoms with Crippen molar-refractivity contribution in [2.24, 2.45) is 0 Å². The van der Waals surface area contributed by atoms with E-state index in [1.807, 2.05) is 11.3 Å². The second-order valence-electron chi connectivity index (χ2n) is 6.21. The van der Waals surface area contributed by atoms with Gasteiger partial charge in [0.2, 0.25) is 0 Å². The van der Waals surface area contributed by atoms with Crippen molar-refractivity contribution >= 4 is 11.3 Å². The monoisotopic (exact) mass is 309 g/mol. The molecule has 5 heteroatoms. The van der Waals surface area contributed by atoms with E-state index >= 15 is 0 Å². The number of ether oxygens (including phenoxy) is 1. The molecule has 3 heterocycles. The largest absolute Gasteiger partial charge is 0.383 e. The standard InChI is InChI=1S/C16H27N3OS/c1-4-13-12(2)21-15(18-13)16(17-8-11-20-3)7-10-19-9-5-6-14(16)19/h14,17H,4-11H2,1-3H3. The molecule has 0 saturated carbocycles. The van der Waals surface area contributed by atoms with Crippen molar-refractivity contribution in [1.82, 2.24) is 15.2 Å². The molecule has 2 fully saturated rings. The minimum atomic E-state index is 0.0534. The van der Waals surface area contributed by atoms with Gasteiger partial charge in [-0.15, -0.1) is 11.3 Å². The Labute approximate surface area is 131 Å². The molecule has 2 aliphatic heterocycles. The van der Waals surface area contributed by atoms with Crippen molar-refractivity contribution in [3.05, 3.63) is 15.6 Å². The van der Waals surface area contributed by atoms with Crippen LogP contribution in [0, 0.1) is 6.92 Å². The fourth-order valence-corrected chi connectivity index (χ4v) is 5.24. The van der Waals surface area contributed by atoms with Gasteiger partial charge in [0.1, 0.15) is 5.01 Å². The zero-order valence-corrected chi connectivity index (χ0v) is 14.3. The van der Waals surface area contributed by atoms with Gasteiger partial charge in [0.25, 0.3) is 0 Å². The van der Waals surface area contributed by atoms with Gasteiger partial charge in [0, 0.05) is 31.1 Å². The van der Waals surface area contributed by atoms with Gasteiger partial charge in [-0.2, -0.15) is 0 Å². The lowest BCUT2D eigenvalue weighted by molar-refractivity contribution is 0.168. The predicted molar refractivity (Wildman–Crippen MR) is 87.0 cm³/mol. The average Bonchev–Trinajstić information content (AvgIpc) is 3.15. The first-order valence-corrected chi connectivity index (χ1v) is 8.97. The van der Waals surface area contributed by atoms with Gasteiger partial charge in [-0.1, -0.05) is 6.92 Å². The SMILES string of the molecule is CCc1nc(C2(NCCOC)CCN3CCCC32)sc1C. The van der Waals surface area contributed by atoms with Crippen molar-refractivity contribution in [2.75, 3.05) is 33.4 Å². The highest BCUT2D eigenvalue weighted by Crippen LogP contribution is 2.44.